The van der Waals surface area contributed by atoms with Crippen molar-refractivity contribution >= 4 is 34.7 Å². The maximum absolute atomic E-state index is 12.7. The van der Waals surface area contributed by atoms with Crippen LogP contribution >= 0.6 is 12.2 Å². The molecule has 3 N–H and O–H groups in total. The molecule has 31 heavy (non-hydrogen) atoms. The van der Waals surface area contributed by atoms with Crippen molar-refractivity contribution in [1.29, 1.82) is 0 Å². The molecule has 1 amide bonds. The van der Waals surface area contributed by atoms with E-state index in [1.54, 1.807) is 49.4 Å². The quantitative estimate of drug-likeness (QED) is 0.419. The molecule has 9 heteroatoms. The van der Waals surface area contributed by atoms with Crippen LogP contribution in [0.3, 0.4) is 0 Å². The van der Waals surface area contributed by atoms with Crippen LogP contribution in [0.2, 0.25) is 0 Å². The SMILES string of the molecule is Cc1cc(=O)[nH]c(-c2cccc(NC(=O)CCn3c(=S)[nH]c4ccccc4c3=O)c2)n1. The molecule has 0 aliphatic rings. The van der Waals surface area contributed by atoms with Crippen LogP contribution in [-0.4, -0.2) is 25.4 Å². The molecule has 0 fully saturated rings. The molecule has 2 aromatic carbocycles. The van der Waals surface area contributed by atoms with Crippen LogP contribution in [0.4, 0.5) is 5.69 Å². The molecule has 2 aromatic heterocycles. The molecule has 4 rings (SSSR count). The van der Waals surface area contributed by atoms with Crippen LogP contribution in [0.5, 0.6) is 0 Å². The number of anilines is 1. The number of carbonyl (C=O) groups is 1. The summed E-state index contributed by atoms with van der Waals surface area (Å²) in [6.07, 6.45) is 0.0689. The number of benzene rings is 2. The molecule has 0 unspecified atom stereocenters. The van der Waals surface area contributed by atoms with Crippen molar-refractivity contribution in [3.05, 3.63) is 85.8 Å². The summed E-state index contributed by atoms with van der Waals surface area (Å²) >= 11 is 5.28. The topological polar surface area (TPSA) is 113 Å². The fourth-order valence-corrected chi connectivity index (χ4v) is 3.58. The normalized spacial score (nSPS) is 10.9. The maximum atomic E-state index is 12.7. The van der Waals surface area contributed by atoms with Gasteiger partial charge < -0.3 is 15.3 Å². The van der Waals surface area contributed by atoms with Crippen LogP contribution in [-0.2, 0) is 11.3 Å². The zero-order valence-corrected chi connectivity index (χ0v) is 17.5. The van der Waals surface area contributed by atoms with Gasteiger partial charge in [-0.1, -0.05) is 24.3 Å². The van der Waals surface area contributed by atoms with E-state index >= 15 is 0 Å². The number of para-hydroxylation sites is 1. The zero-order valence-electron chi connectivity index (χ0n) is 16.6. The van der Waals surface area contributed by atoms with Gasteiger partial charge in [-0.2, -0.15) is 0 Å². The standard InChI is InChI=1S/C22H19N5O3S/c1-13-11-19(29)26-20(23-13)14-5-4-6-15(12-14)24-18(28)9-10-27-21(30)16-7-2-3-8-17(16)25-22(27)31/h2-8,11-12H,9-10H2,1H3,(H,24,28)(H,25,31)(H,23,26,29). The van der Waals surface area contributed by atoms with Crippen LogP contribution in [0.25, 0.3) is 22.3 Å². The van der Waals surface area contributed by atoms with Crippen LogP contribution in [0, 0.1) is 11.7 Å². The Kier molecular flexibility index (Phi) is 5.59. The predicted octanol–water partition coefficient (Wildman–Crippen LogP) is 3.15. The van der Waals surface area contributed by atoms with Crippen molar-refractivity contribution in [2.24, 2.45) is 0 Å². The van der Waals surface area contributed by atoms with E-state index in [0.717, 1.165) is 0 Å². The van der Waals surface area contributed by atoms with Crippen molar-refractivity contribution in [2.75, 3.05) is 5.32 Å². The first kappa shape index (κ1) is 20.4. The number of hydrogen-bond acceptors (Lipinski definition) is 5. The predicted molar refractivity (Wildman–Crippen MR) is 122 cm³/mol. The van der Waals surface area contributed by atoms with Crippen LogP contribution in [0.1, 0.15) is 12.1 Å². The molecule has 4 aromatic rings. The van der Waals surface area contributed by atoms with Gasteiger partial charge in [0.2, 0.25) is 5.91 Å². The van der Waals surface area contributed by atoms with Crippen molar-refractivity contribution < 1.29 is 4.79 Å². The second-order valence-electron chi connectivity index (χ2n) is 7.05. The summed E-state index contributed by atoms with van der Waals surface area (Å²) < 4.78 is 1.66. The summed E-state index contributed by atoms with van der Waals surface area (Å²) in [6, 6.07) is 15.5. The fourth-order valence-electron chi connectivity index (χ4n) is 3.30. The summed E-state index contributed by atoms with van der Waals surface area (Å²) in [5.41, 5.74) is 2.02. The van der Waals surface area contributed by atoms with E-state index in [4.69, 9.17) is 12.2 Å². The maximum Gasteiger partial charge on any atom is 0.262 e. The number of aromatic nitrogens is 4. The molecule has 0 radical (unpaired) electrons. The molecule has 0 saturated heterocycles. The summed E-state index contributed by atoms with van der Waals surface area (Å²) in [7, 11) is 0. The molecule has 0 bridgehead atoms. The van der Waals surface area contributed by atoms with Gasteiger partial charge in [-0.3, -0.25) is 19.0 Å². The van der Waals surface area contributed by atoms with Crippen molar-refractivity contribution in [3.63, 3.8) is 0 Å². The lowest BCUT2D eigenvalue weighted by Crippen LogP contribution is -2.25. The Morgan fingerprint density at radius 2 is 1.90 bits per heavy atom. The van der Waals surface area contributed by atoms with E-state index in [2.05, 4.69) is 20.3 Å². The Morgan fingerprint density at radius 3 is 2.71 bits per heavy atom. The average Bonchev–Trinajstić information content (AvgIpc) is 2.73. The van der Waals surface area contributed by atoms with Gasteiger partial charge in [0.15, 0.2) is 4.77 Å². The van der Waals surface area contributed by atoms with Crippen LogP contribution < -0.4 is 16.4 Å². The van der Waals surface area contributed by atoms with Gasteiger partial charge in [0.05, 0.1) is 10.9 Å². The van der Waals surface area contributed by atoms with E-state index in [0.29, 0.717) is 33.7 Å². The van der Waals surface area contributed by atoms with Gasteiger partial charge in [-0.05, 0) is 43.4 Å². The third-order valence-corrected chi connectivity index (χ3v) is 5.06. The number of amides is 1. The zero-order chi connectivity index (χ0) is 22.0. The smallest absolute Gasteiger partial charge is 0.262 e. The van der Waals surface area contributed by atoms with Gasteiger partial charge in [0.25, 0.3) is 11.1 Å². The second kappa shape index (κ2) is 8.49. The lowest BCUT2D eigenvalue weighted by atomic mass is 10.2. The Labute approximate surface area is 181 Å². The molecule has 0 saturated carbocycles. The molecule has 0 spiro atoms. The van der Waals surface area contributed by atoms with Crippen molar-refractivity contribution in [1.82, 2.24) is 19.5 Å². The van der Waals surface area contributed by atoms with Gasteiger partial charge in [0.1, 0.15) is 5.82 Å². The Hall–Kier alpha value is -3.85. The summed E-state index contributed by atoms with van der Waals surface area (Å²) in [5, 5.41) is 3.33. The number of nitrogens with one attached hydrogen (secondary N) is 3. The Morgan fingerprint density at radius 1 is 1.10 bits per heavy atom. The number of aryl methyl sites for hydroxylation is 1. The number of carbonyl (C=O) groups excluding carboxylic acids is 1. The highest BCUT2D eigenvalue weighted by Crippen LogP contribution is 2.19. The lowest BCUT2D eigenvalue weighted by molar-refractivity contribution is -0.116. The summed E-state index contributed by atoms with van der Waals surface area (Å²) in [5.74, 6) is 0.160. The van der Waals surface area contributed by atoms with Gasteiger partial charge in [0, 0.05) is 36.0 Å². The van der Waals surface area contributed by atoms with Gasteiger partial charge in [-0.25, -0.2) is 4.98 Å². The lowest BCUT2D eigenvalue weighted by Gasteiger charge is -2.10. The summed E-state index contributed by atoms with van der Waals surface area (Å²) in [4.78, 5) is 46.9. The number of aromatic amines is 2. The van der Waals surface area contributed by atoms with E-state index in [1.807, 2.05) is 6.07 Å². The average molecular weight is 433 g/mol. The Bertz CT molecular complexity index is 1470. The molecule has 0 aliphatic carbocycles. The minimum atomic E-state index is -0.266. The highest BCUT2D eigenvalue weighted by molar-refractivity contribution is 7.71. The number of H-pyrrole nitrogens is 2. The van der Waals surface area contributed by atoms with Gasteiger partial charge >= 0.3 is 0 Å². The van der Waals surface area contributed by atoms with E-state index in [-0.39, 0.29) is 34.8 Å². The third kappa shape index (κ3) is 4.51. The minimum Gasteiger partial charge on any atom is -0.332 e. The van der Waals surface area contributed by atoms with Crippen LogP contribution in [0.15, 0.2) is 64.2 Å². The largest absolute Gasteiger partial charge is 0.332 e. The molecular formula is C22H19N5O3S. The first-order valence-corrected chi connectivity index (χ1v) is 10.0. The first-order valence-electron chi connectivity index (χ1n) is 9.61. The number of fused-ring (bicyclic) bond motifs is 1. The van der Waals surface area contributed by atoms with Crippen molar-refractivity contribution in [3.8, 4) is 11.4 Å². The highest BCUT2D eigenvalue weighted by atomic mass is 32.1. The van der Waals surface area contributed by atoms with Gasteiger partial charge in [-0.15, -0.1) is 0 Å². The van der Waals surface area contributed by atoms with E-state index in [1.165, 1.54) is 10.6 Å². The minimum absolute atomic E-state index is 0.0689. The second-order valence-corrected chi connectivity index (χ2v) is 7.43. The monoisotopic (exact) mass is 433 g/mol. The number of hydrogen-bond donors (Lipinski definition) is 3. The molecular weight excluding hydrogens is 414 g/mol. The van der Waals surface area contributed by atoms with E-state index < -0.39 is 0 Å². The third-order valence-electron chi connectivity index (χ3n) is 4.74. The fraction of sp³-hybridized carbons (Fsp3) is 0.136. The Balaban J connectivity index is 1.50. The highest BCUT2D eigenvalue weighted by Gasteiger charge is 2.09. The summed E-state index contributed by atoms with van der Waals surface area (Å²) in [6.45, 7) is 1.89. The number of nitrogens with zero attached hydrogens (tertiary/aromatic N) is 2. The molecule has 0 aliphatic heterocycles. The molecule has 8 nitrogen and oxygen atoms in total. The number of rotatable bonds is 5. The van der Waals surface area contributed by atoms with E-state index in [9.17, 15) is 14.4 Å². The molecule has 156 valence electrons. The molecule has 2 heterocycles. The first-order chi connectivity index (χ1) is 14.9. The van der Waals surface area contributed by atoms with Crippen molar-refractivity contribution in [2.45, 2.75) is 19.9 Å². The molecule has 0 atom stereocenters.